The minimum absolute atomic E-state index is 0.0416. The molecule has 4 aromatic rings. The Morgan fingerprint density at radius 1 is 1.13 bits per heavy atom. The molecular formula is C29H33FN8O. The van der Waals surface area contributed by atoms with Crippen molar-refractivity contribution in [3.05, 3.63) is 72.2 Å². The van der Waals surface area contributed by atoms with E-state index in [1.54, 1.807) is 24.4 Å². The Morgan fingerprint density at radius 3 is 2.74 bits per heavy atom. The molecule has 0 bridgehead atoms. The molecule has 0 spiro atoms. The van der Waals surface area contributed by atoms with Crippen LogP contribution < -0.4 is 10.2 Å². The molecule has 3 heterocycles. The third kappa shape index (κ3) is 6.47. The van der Waals surface area contributed by atoms with Crippen molar-refractivity contribution < 1.29 is 9.18 Å². The number of fused-ring (bicyclic) bond motifs is 1. The van der Waals surface area contributed by atoms with Crippen LogP contribution in [0.2, 0.25) is 0 Å². The summed E-state index contributed by atoms with van der Waals surface area (Å²) in [5.74, 6) is 0.157. The van der Waals surface area contributed by atoms with Crippen molar-refractivity contribution in [1.29, 1.82) is 0 Å². The average molecular weight is 529 g/mol. The van der Waals surface area contributed by atoms with Gasteiger partial charge in [0.2, 0.25) is 5.95 Å². The number of allylic oxidation sites excluding steroid dienone is 1. The van der Waals surface area contributed by atoms with Crippen LogP contribution >= 0.6 is 0 Å². The molecule has 10 heteroatoms. The summed E-state index contributed by atoms with van der Waals surface area (Å²) in [5, 5.41) is 11.1. The lowest BCUT2D eigenvalue weighted by atomic mass is 10.0. The Hall–Kier alpha value is -4.15. The highest BCUT2D eigenvalue weighted by Gasteiger charge is 2.19. The number of ketones is 1. The van der Waals surface area contributed by atoms with Crippen LogP contribution in [-0.2, 0) is 11.2 Å². The van der Waals surface area contributed by atoms with Crippen LogP contribution in [0.5, 0.6) is 0 Å². The first kappa shape index (κ1) is 26.5. The van der Waals surface area contributed by atoms with Crippen molar-refractivity contribution in [1.82, 2.24) is 30.0 Å². The number of hydrogen-bond donors (Lipinski definition) is 2. The second kappa shape index (κ2) is 11.7. The van der Waals surface area contributed by atoms with E-state index in [9.17, 15) is 9.18 Å². The molecule has 39 heavy (non-hydrogen) atoms. The quantitative estimate of drug-likeness (QED) is 0.316. The molecular weight excluding hydrogens is 495 g/mol. The highest BCUT2D eigenvalue weighted by molar-refractivity contribution is 5.93. The number of carbonyl (C=O) groups is 1. The largest absolute Gasteiger partial charge is 0.367 e. The number of likely N-dealkylation sites (N-methyl/N-ethyl adjacent to an activating group) is 2. The van der Waals surface area contributed by atoms with Crippen molar-refractivity contribution in [2.45, 2.75) is 6.42 Å². The van der Waals surface area contributed by atoms with E-state index in [0.717, 1.165) is 42.7 Å². The third-order valence-electron chi connectivity index (χ3n) is 6.71. The average Bonchev–Trinajstić information content (AvgIpc) is 3.38. The summed E-state index contributed by atoms with van der Waals surface area (Å²) in [4.78, 5) is 28.2. The normalized spacial score (nSPS) is 14.5. The number of halogens is 1. The molecule has 2 N–H and O–H groups in total. The van der Waals surface area contributed by atoms with Crippen LogP contribution in [0.15, 0.2) is 60.8 Å². The summed E-state index contributed by atoms with van der Waals surface area (Å²) in [6.45, 7) is 4.02. The number of carbonyl (C=O) groups excluding carboxylic acids is 1. The summed E-state index contributed by atoms with van der Waals surface area (Å²) in [6.07, 6.45) is 5.49. The number of rotatable bonds is 9. The number of aromatic amines is 1. The number of nitrogens with one attached hydrogen (secondary N) is 2. The van der Waals surface area contributed by atoms with Crippen LogP contribution in [0.1, 0.15) is 5.56 Å². The molecule has 2 aromatic heterocycles. The SMILES string of the molecule is CN(C)C/C=C/C(=O)Cc1cccc(-c2nc(Nc3ccc(F)c(N4CCN(C)CC4)c3)nc3[nH]ncc23)c1. The summed E-state index contributed by atoms with van der Waals surface area (Å²) in [6, 6.07) is 12.7. The minimum Gasteiger partial charge on any atom is -0.367 e. The zero-order valence-electron chi connectivity index (χ0n) is 22.5. The van der Waals surface area contributed by atoms with Crippen LogP contribution in [0, 0.1) is 5.82 Å². The Balaban J connectivity index is 1.40. The summed E-state index contributed by atoms with van der Waals surface area (Å²) in [5.41, 5.74) is 4.28. The summed E-state index contributed by atoms with van der Waals surface area (Å²) in [7, 11) is 5.99. The third-order valence-corrected chi connectivity index (χ3v) is 6.71. The van der Waals surface area contributed by atoms with Gasteiger partial charge >= 0.3 is 0 Å². The fourth-order valence-corrected chi connectivity index (χ4v) is 4.60. The van der Waals surface area contributed by atoms with E-state index < -0.39 is 0 Å². The summed E-state index contributed by atoms with van der Waals surface area (Å²) < 4.78 is 14.7. The number of piperazine rings is 1. The lowest BCUT2D eigenvalue weighted by Crippen LogP contribution is -2.44. The lowest BCUT2D eigenvalue weighted by Gasteiger charge is -2.34. The lowest BCUT2D eigenvalue weighted by molar-refractivity contribution is -0.114. The van der Waals surface area contributed by atoms with Gasteiger partial charge in [0.1, 0.15) is 5.82 Å². The van der Waals surface area contributed by atoms with Gasteiger partial charge in [-0.2, -0.15) is 10.1 Å². The Kier molecular flexibility index (Phi) is 7.94. The van der Waals surface area contributed by atoms with Gasteiger partial charge in [0.25, 0.3) is 0 Å². The van der Waals surface area contributed by atoms with E-state index >= 15 is 0 Å². The topological polar surface area (TPSA) is 93.3 Å². The first-order valence-electron chi connectivity index (χ1n) is 13.0. The molecule has 1 aliphatic rings. The molecule has 0 saturated carbocycles. The fraction of sp³-hybridized carbons (Fsp3) is 0.310. The smallest absolute Gasteiger partial charge is 0.229 e. The van der Waals surface area contributed by atoms with Gasteiger partial charge in [-0.1, -0.05) is 24.3 Å². The maximum absolute atomic E-state index is 14.7. The fourth-order valence-electron chi connectivity index (χ4n) is 4.60. The number of anilines is 3. The van der Waals surface area contributed by atoms with Gasteiger partial charge in [0, 0.05) is 50.4 Å². The molecule has 0 unspecified atom stereocenters. The number of aromatic nitrogens is 4. The first-order valence-corrected chi connectivity index (χ1v) is 13.0. The van der Waals surface area contributed by atoms with Gasteiger partial charge in [0.05, 0.1) is 23.0 Å². The molecule has 2 aromatic carbocycles. The molecule has 5 rings (SSSR count). The van der Waals surface area contributed by atoms with Crippen LogP contribution in [-0.4, -0.2) is 89.6 Å². The predicted octanol–water partition coefficient (Wildman–Crippen LogP) is 3.88. The van der Waals surface area contributed by atoms with E-state index in [4.69, 9.17) is 4.98 Å². The Bertz CT molecular complexity index is 1490. The molecule has 1 aliphatic heterocycles. The van der Waals surface area contributed by atoms with Crippen molar-refractivity contribution in [2.75, 3.05) is 64.1 Å². The van der Waals surface area contributed by atoms with Gasteiger partial charge in [-0.15, -0.1) is 0 Å². The van der Waals surface area contributed by atoms with Crippen molar-refractivity contribution in [2.24, 2.45) is 0 Å². The number of nitrogens with zero attached hydrogens (tertiary/aromatic N) is 6. The maximum Gasteiger partial charge on any atom is 0.229 e. The molecule has 1 fully saturated rings. The van der Waals surface area contributed by atoms with E-state index in [1.165, 1.54) is 6.07 Å². The number of hydrogen-bond acceptors (Lipinski definition) is 8. The predicted molar refractivity (Wildman–Crippen MR) is 153 cm³/mol. The van der Waals surface area contributed by atoms with E-state index in [1.807, 2.05) is 49.3 Å². The molecule has 0 amide bonds. The minimum atomic E-state index is -0.251. The Labute approximate surface area is 227 Å². The second-order valence-corrected chi connectivity index (χ2v) is 10.1. The highest BCUT2D eigenvalue weighted by Crippen LogP contribution is 2.30. The molecule has 0 aliphatic carbocycles. The Morgan fingerprint density at radius 2 is 1.95 bits per heavy atom. The molecule has 9 nitrogen and oxygen atoms in total. The highest BCUT2D eigenvalue weighted by atomic mass is 19.1. The standard InChI is InChI=1S/C29H33FN8O/c1-36(2)11-5-8-23(39)17-20-6-4-7-21(16-20)27-24-19-31-35-28(24)34-29(33-27)32-22-9-10-25(30)26(18-22)38-14-12-37(3)13-15-38/h4-10,16,18-19H,11-15,17H2,1-3H3,(H2,31,32,33,34,35)/b8-5+. The van der Waals surface area contributed by atoms with E-state index in [2.05, 4.69) is 37.3 Å². The van der Waals surface area contributed by atoms with Crippen LogP contribution in [0.25, 0.3) is 22.3 Å². The van der Waals surface area contributed by atoms with Gasteiger partial charge in [-0.05, 0) is 57.0 Å². The zero-order valence-corrected chi connectivity index (χ0v) is 22.5. The van der Waals surface area contributed by atoms with E-state index in [0.29, 0.717) is 41.6 Å². The van der Waals surface area contributed by atoms with Crippen LogP contribution in [0.4, 0.5) is 21.7 Å². The van der Waals surface area contributed by atoms with Gasteiger partial charge in [-0.3, -0.25) is 9.89 Å². The maximum atomic E-state index is 14.7. The van der Waals surface area contributed by atoms with Gasteiger partial charge in [0.15, 0.2) is 11.4 Å². The molecule has 0 radical (unpaired) electrons. The molecule has 202 valence electrons. The van der Waals surface area contributed by atoms with Gasteiger partial charge in [-0.25, -0.2) is 9.37 Å². The molecule has 1 saturated heterocycles. The van der Waals surface area contributed by atoms with E-state index in [-0.39, 0.29) is 11.6 Å². The zero-order chi connectivity index (χ0) is 27.4. The monoisotopic (exact) mass is 528 g/mol. The number of benzene rings is 2. The molecule has 0 atom stereocenters. The summed E-state index contributed by atoms with van der Waals surface area (Å²) >= 11 is 0. The van der Waals surface area contributed by atoms with Gasteiger partial charge < -0.3 is 20.0 Å². The first-order chi connectivity index (χ1) is 18.9. The van der Waals surface area contributed by atoms with Crippen molar-refractivity contribution in [3.8, 4) is 11.3 Å². The van der Waals surface area contributed by atoms with Crippen molar-refractivity contribution in [3.63, 3.8) is 0 Å². The number of H-pyrrole nitrogens is 1. The van der Waals surface area contributed by atoms with Crippen LogP contribution in [0.3, 0.4) is 0 Å². The van der Waals surface area contributed by atoms with Crippen molar-refractivity contribution >= 4 is 34.1 Å². The second-order valence-electron chi connectivity index (χ2n) is 10.1.